The number of hydrogen-bond acceptors (Lipinski definition) is 5. The highest BCUT2D eigenvalue weighted by molar-refractivity contribution is 6.04. The molecule has 0 unspecified atom stereocenters. The minimum absolute atomic E-state index is 0.454. The first kappa shape index (κ1) is 13.8. The van der Waals surface area contributed by atoms with Crippen molar-refractivity contribution in [3.63, 3.8) is 0 Å². The van der Waals surface area contributed by atoms with Gasteiger partial charge in [-0.15, -0.1) is 0 Å². The van der Waals surface area contributed by atoms with Crippen LogP contribution in [0.25, 0.3) is 11.0 Å². The average Bonchev–Trinajstić information content (AvgIpc) is 2.87. The van der Waals surface area contributed by atoms with Crippen molar-refractivity contribution in [3.8, 4) is 0 Å². The number of primary amides is 1. The van der Waals surface area contributed by atoms with Gasteiger partial charge in [0.15, 0.2) is 0 Å². The summed E-state index contributed by atoms with van der Waals surface area (Å²) in [6.45, 7) is 4.81. The Bertz CT molecular complexity index is 659. The molecule has 2 aromatic rings. The number of nitrogens with two attached hydrogens (primary N) is 2. The monoisotopic (exact) mass is 288 g/mol. The highest BCUT2D eigenvalue weighted by Crippen LogP contribution is 2.25. The number of carbonyl (C=O) groups excluding carboxylic acids is 1. The van der Waals surface area contributed by atoms with Crippen LogP contribution in [0.2, 0.25) is 0 Å². The molecule has 0 aliphatic carbocycles. The van der Waals surface area contributed by atoms with E-state index in [1.165, 1.54) is 0 Å². The van der Waals surface area contributed by atoms with Gasteiger partial charge in [0.2, 0.25) is 5.95 Å². The molecule has 5 N–H and O–H groups in total. The van der Waals surface area contributed by atoms with Crippen LogP contribution >= 0.6 is 0 Å². The van der Waals surface area contributed by atoms with Gasteiger partial charge in [-0.1, -0.05) is 6.07 Å². The number of carbonyl (C=O) groups is 1. The van der Waals surface area contributed by atoms with Crippen molar-refractivity contribution in [2.24, 2.45) is 11.5 Å². The molecule has 0 spiro atoms. The van der Waals surface area contributed by atoms with Crippen LogP contribution in [0.3, 0.4) is 0 Å². The van der Waals surface area contributed by atoms with Gasteiger partial charge in [0.05, 0.1) is 11.1 Å². The number of para-hydroxylation sites is 1. The maximum Gasteiger partial charge on any atom is 0.250 e. The van der Waals surface area contributed by atoms with E-state index in [1.807, 2.05) is 12.1 Å². The average molecular weight is 288 g/mol. The lowest BCUT2D eigenvalue weighted by molar-refractivity contribution is 0.100. The third-order valence-corrected chi connectivity index (χ3v) is 3.78. The van der Waals surface area contributed by atoms with E-state index in [1.54, 1.807) is 6.07 Å². The molecule has 1 aliphatic heterocycles. The van der Waals surface area contributed by atoms with Gasteiger partial charge < -0.3 is 26.3 Å². The first-order chi connectivity index (χ1) is 10.2. The summed E-state index contributed by atoms with van der Waals surface area (Å²) in [5.74, 6) is 0.413. The Morgan fingerprint density at radius 1 is 1.33 bits per heavy atom. The summed E-state index contributed by atoms with van der Waals surface area (Å²) in [4.78, 5) is 18.5. The second-order valence-corrected chi connectivity index (χ2v) is 5.13. The van der Waals surface area contributed by atoms with Gasteiger partial charge in [0.1, 0.15) is 5.52 Å². The molecule has 0 radical (unpaired) electrons. The summed E-state index contributed by atoms with van der Waals surface area (Å²) in [7, 11) is 0. The Kier molecular flexibility index (Phi) is 3.76. The van der Waals surface area contributed by atoms with Crippen LogP contribution in [0.1, 0.15) is 10.4 Å². The van der Waals surface area contributed by atoms with Crippen LogP contribution in [0.4, 0.5) is 5.95 Å². The number of fused-ring (bicyclic) bond motifs is 1. The highest BCUT2D eigenvalue weighted by atomic mass is 16.1. The van der Waals surface area contributed by atoms with E-state index >= 15 is 0 Å². The third-order valence-electron chi connectivity index (χ3n) is 3.78. The molecule has 1 aromatic heterocycles. The fraction of sp³-hybridized carbons (Fsp3) is 0.429. The van der Waals surface area contributed by atoms with E-state index in [2.05, 4.69) is 19.8 Å². The molecule has 21 heavy (non-hydrogen) atoms. The van der Waals surface area contributed by atoms with E-state index in [-0.39, 0.29) is 0 Å². The predicted molar refractivity (Wildman–Crippen MR) is 82.4 cm³/mol. The number of piperazine rings is 1. The standard InChI is InChI=1S/C14H20N6O/c15-4-7-20-11-3-1-2-10(13(16)21)12(11)18-14(20)19-8-5-17-6-9-19/h1-3,17H,4-9,15H2,(H2,16,21). The first-order valence-electron chi connectivity index (χ1n) is 7.17. The zero-order valence-corrected chi connectivity index (χ0v) is 11.9. The predicted octanol–water partition coefficient (Wildman–Crippen LogP) is -0.496. The second kappa shape index (κ2) is 5.71. The van der Waals surface area contributed by atoms with Crippen LogP contribution in [-0.2, 0) is 6.54 Å². The van der Waals surface area contributed by atoms with Crippen LogP contribution in [0.15, 0.2) is 18.2 Å². The summed E-state index contributed by atoms with van der Waals surface area (Å²) in [6.07, 6.45) is 0. The number of nitrogens with zero attached hydrogens (tertiary/aromatic N) is 3. The normalized spacial score (nSPS) is 15.6. The van der Waals surface area contributed by atoms with E-state index < -0.39 is 5.91 Å². The zero-order valence-electron chi connectivity index (χ0n) is 11.9. The molecule has 0 saturated carbocycles. The van der Waals surface area contributed by atoms with Crippen molar-refractivity contribution in [2.75, 3.05) is 37.6 Å². The lowest BCUT2D eigenvalue weighted by Crippen LogP contribution is -2.44. The summed E-state index contributed by atoms with van der Waals surface area (Å²) >= 11 is 0. The fourth-order valence-electron chi connectivity index (χ4n) is 2.79. The molecule has 1 saturated heterocycles. The van der Waals surface area contributed by atoms with Gasteiger partial charge in [-0.05, 0) is 12.1 Å². The number of anilines is 1. The lowest BCUT2D eigenvalue weighted by Gasteiger charge is -2.28. The van der Waals surface area contributed by atoms with Crippen LogP contribution in [0.5, 0.6) is 0 Å². The Morgan fingerprint density at radius 3 is 2.76 bits per heavy atom. The van der Waals surface area contributed by atoms with Gasteiger partial charge in [-0.2, -0.15) is 0 Å². The van der Waals surface area contributed by atoms with E-state index in [4.69, 9.17) is 11.5 Å². The molecular weight excluding hydrogens is 268 g/mol. The maximum absolute atomic E-state index is 11.6. The largest absolute Gasteiger partial charge is 0.366 e. The van der Waals surface area contributed by atoms with Crippen molar-refractivity contribution >= 4 is 22.9 Å². The van der Waals surface area contributed by atoms with Crippen molar-refractivity contribution < 1.29 is 4.79 Å². The molecule has 7 nitrogen and oxygen atoms in total. The quantitative estimate of drug-likeness (QED) is 0.704. The number of nitrogens with one attached hydrogen (secondary N) is 1. The van der Waals surface area contributed by atoms with Crippen LogP contribution < -0.4 is 21.7 Å². The Hall–Kier alpha value is -2.12. The highest BCUT2D eigenvalue weighted by Gasteiger charge is 2.21. The van der Waals surface area contributed by atoms with Crippen molar-refractivity contribution in [1.82, 2.24) is 14.9 Å². The molecule has 112 valence electrons. The lowest BCUT2D eigenvalue weighted by atomic mass is 10.2. The molecule has 1 aliphatic rings. The number of amides is 1. The van der Waals surface area contributed by atoms with Gasteiger partial charge in [0.25, 0.3) is 5.91 Å². The third kappa shape index (κ3) is 2.45. The summed E-state index contributed by atoms with van der Waals surface area (Å²) in [5.41, 5.74) is 13.2. The topological polar surface area (TPSA) is 102 Å². The number of imidazole rings is 1. The van der Waals surface area contributed by atoms with Crippen molar-refractivity contribution in [2.45, 2.75) is 6.54 Å². The minimum atomic E-state index is -0.454. The van der Waals surface area contributed by atoms with E-state index in [0.717, 1.165) is 37.6 Å². The first-order valence-corrected chi connectivity index (χ1v) is 7.17. The fourth-order valence-corrected chi connectivity index (χ4v) is 2.79. The molecule has 2 heterocycles. The molecule has 3 rings (SSSR count). The molecule has 0 bridgehead atoms. The van der Waals surface area contributed by atoms with Crippen LogP contribution in [-0.4, -0.2) is 48.2 Å². The SMILES string of the molecule is NCCn1c(N2CCNCC2)nc2c(C(N)=O)cccc21. The summed E-state index contributed by atoms with van der Waals surface area (Å²) in [6, 6.07) is 5.50. The number of rotatable bonds is 4. The summed E-state index contributed by atoms with van der Waals surface area (Å²) < 4.78 is 2.08. The Morgan fingerprint density at radius 2 is 2.10 bits per heavy atom. The van der Waals surface area contributed by atoms with Gasteiger partial charge in [0, 0.05) is 39.3 Å². The summed E-state index contributed by atoms with van der Waals surface area (Å²) in [5, 5.41) is 3.32. The van der Waals surface area contributed by atoms with Gasteiger partial charge in [-0.3, -0.25) is 4.79 Å². The molecule has 7 heteroatoms. The maximum atomic E-state index is 11.6. The van der Waals surface area contributed by atoms with Crippen LogP contribution in [0, 0.1) is 0 Å². The van der Waals surface area contributed by atoms with Crippen molar-refractivity contribution in [3.05, 3.63) is 23.8 Å². The van der Waals surface area contributed by atoms with E-state index in [0.29, 0.717) is 24.2 Å². The van der Waals surface area contributed by atoms with Gasteiger partial charge >= 0.3 is 0 Å². The van der Waals surface area contributed by atoms with Gasteiger partial charge in [-0.25, -0.2) is 4.98 Å². The van der Waals surface area contributed by atoms with E-state index in [9.17, 15) is 4.79 Å². The number of hydrogen-bond donors (Lipinski definition) is 3. The Balaban J connectivity index is 2.15. The molecule has 0 atom stereocenters. The number of aromatic nitrogens is 2. The molecular formula is C14H20N6O. The smallest absolute Gasteiger partial charge is 0.250 e. The Labute approximate surface area is 122 Å². The molecule has 1 amide bonds. The zero-order chi connectivity index (χ0) is 14.8. The molecule has 1 fully saturated rings. The number of benzene rings is 1. The minimum Gasteiger partial charge on any atom is -0.366 e. The van der Waals surface area contributed by atoms with Crippen molar-refractivity contribution in [1.29, 1.82) is 0 Å². The molecule has 1 aromatic carbocycles. The second-order valence-electron chi connectivity index (χ2n) is 5.13.